The summed E-state index contributed by atoms with van der Waals surface area (Å²) in [6, 6.07) is 0. The zero-order valence-corrected chi connectivity index (χ0v) is 15.4. The van der Waals surface area contributed by atoms with Crippen LogP contribution in [-0.2, 0) is 0 Å². The van der Waals surface area contributed by atoms with Gasteiger partial charge in [0.15, 0.2) is 0 Å². The number of nitrogens with zero attached hydrogens (tertiary/aromatic N) is 1. The highest BCUT2D eigenvalue weighted by Crippen LogP contribution is 2.67. The number of hydrogen-bond acceptors (Lipinski definition) is 2. The summed E-state index contributed by atoms with van der Waals surface area (Å²) in [5.74, 6) is 4.68. The van der Waals surface area contributed by atoms with Gasteiger partial charge in [0.1, 0.15) is 0 Å². The standard InChI is InChI=1S/C21H35NO/c1-4-14-6-8-18-17-7-5-15-13-16(22-23)9-11-21(15,3)19(17)10-12-20(14,18)2/h14-15,17-19,23H,4-13H2,1-3H3/t14-,15?,17-,18-,19-,20+,21-/m0/s1. The lowest BCUT2D eigenvalue weighted by molar-refractivity contribution is -0.101. The maximum atomic E-state index is 9.20. The zero-order chi connectivity index (χ0) is 16.2. The average Bonchev–Trinajstić information content (AvgIpc) is 2.90. The van der Waals surface area contributed by atoms with Gasteiger partial charge in [-0.1, -0.05) is 32.3 Å². The second kappa shape index (κ2) is 5.49. The molecular weight excluding hydrogens is 282 g/mol. The number of hydrogen-bond donors (Lipinski definition) is 1. The van der Waals surface area contributed by atoms with Crippen LogP contribution in [0.5, 0.6) is 0 Å². The van der Waals surface area contributed by atoms with Gasteiger partial charge in [0, 0.05) is 0 Å². The fourth-order valence-corrected chi connectivity index (χ4v) is 7.93. The molecule has 0 heterocycles. The third-order valence-corrected chi connectivity index (χ3v) is 9.33. The Labute approximate surface area is 142 Å². The zero-order valence-electron chi connectivity index (χ0n) is 15.4. The van der Waals surface area contributed by atoms with E-state index in [1.54, 1.807) is 0 Å². The maximum Gasteiger partial charge on any atom is 0.0574 e. The number of oxime groups is 1. The van der Waals surface area contributed by atoms with Gasteiger partial charge in [0.05, 0.1) is 5.71 Å². The van der Waals surface area contributed by atoms with Gasteiger partial charge in [-0.25, -0.2) is 0 Å². The predicted molar refractivity (Wildman–Crippen MR) is 94.7 cm³/mol. The Kier molecular flexibility index (Phi) is 3.81. The summed E-state index contributed by atoms with van der Waals surface area (Å²) in [4.78, 5) is 0. The first-order valence-corrected chi connectivity index (χ1v) is 10.2. The molecule has 23 heavy (non-hydrogen) atoms. The molecule has 4 aliphatic carbocycles. The van der Waals surface area contributed by atoms with Crippen LogP contribution in [0, 0.1) is 40.4 Å². The summed E-state index contributed by atoms with van der Waals surface area (Å²) in [5.41, 5.74) is 2.23. The molecular formula is C21H35NO. The van der Waals surface area contributed by atoms with E-state index in [1.807, 2.05) is 0 Å². The second-order valence-electron chi connectivity index (χ2n) is 9.75. The van der Waals surface area contributed by atoms with E-state index in [-0.39, 0.29) is 0 Å². The van der Waals surface area contributed by atoms with Crippen molar-refractivity contribution in [2.75, 3.05) is 0 Å². The third kappa shape index (κ3) is 2.15. The van der Waals surface area contributed by atoms with E-state index < -0.39 is 0 Å². The summed E-state index contributed by atoms with van der Waals surface area (Å²) >= 11 is 0. The highest BCUT2D eigenvalue weighted by molar-refractivity contribution is 5.85. The number of rotatable bonds is 1. The van der Waals surface area contributed by atoms with Crippen LogP contribution in [0.1, 0.15) is 85.0 Å². The SMILES string of the molecule is CC[C@H]1CC[C@H]2[C@@H]3CCC4CC(=NO)CC[C@]4(C)[C@H]3CC[C@]12C. The Bertz CT molecular complexity index is 500. The minimum Gasteiger partial charge on any atom is -0.411 e. The molecule has 1 unspecified atom stereocenters. The Morgan fingerprint density at radius 3 is 2.52 bits per heavy atom. The van der Waals surface area contributed by atoms with Crippen LogP contribution >= 0.6 is 0 Å². The van der Waals surface area contributed by atoms with E-state index in [4.69, 9.17) is 0 Å². The summed E-state index contributed by atoms with van der Waals surface area (Å²) < 4.78 is 0. The molecule has 1 N–H and O–H groups in total. The number of fused-ring (bicyclic) bond motifs is 5. The highest BCUT2D eigenvalue weighted by atomic mass is 16.4. The van der Waals surface area contributed by atoms with Gasteiger partial charge in [-0.2, -0.15) is 0 Å². The largest absolute Gasteiger partial charge is 0.411 e. The maximum absolute atomic E-state index is 9.20. The van der Waals surface area contributed by atoms with Gasteiger partial charge in [-0.3, -0.25) is 0 Å². The van der Waals surface area contributed by atoms with Crippen molar-refractivity contribution in [3.05, 3.63) is 0 Å². The molecule has 4 aliphatic rings. The Morgan fingerprint density at radius 2 is 1.78 bits per heavy atom. The molecule has 4 rings (SSSR count). The fraction of sp³-hybridized carbons (Fsp3) is 0.952. The van der Waals surface area contributed by atoms with Crippen LogP contribution in [0.3, 0.4) is 0 Å². The van der Waals surface area contributed by atoms with Crippen molar-refractivity contribution in [2.24, 2.45) is 45.6 Å². The Hall–Kier alpha value is -0.530. The highest BCUT2D eigenvalue weighted by Gasteiger charge is 2.59. The molecule has 7 atom stereocenters. The van der Waals surface area contributed by atoms with Crippen molar-refractivity contribution in [2.45, 2.75) is 85.0 Å². The van der Waals surface area contributed by atoms with E-state index in [0.717, 1.165) is 48.1 Å². The normalized spacial score (nSPS) is 54.4. The molecule has 0 spiro atoms. The first kappa shape index (κ1) is 16.0. The Morgan fingerprint density at radius 1 is 1.00 bits per heavy atom. The molecule has 0 aromatic carbocycles. The lowest BCUT2D eigenvalue weighted by Gasteiger charge is -2.60. The third-order valence-electron chi connectivity index (χ3n) is 9.33. The molecule has 0 amide bonds. The van der Waals surface area contributed by atoms with Crippen molar-refractivity contribution in [1.82, 2.24) is 0 Å². The molecule has 2 nitrogen and oxygen atoms in total. The molecule has 2 heteroatoms. The van der Waals surface area contributed by atoms with Crippen molar-refractivity contribution in [3.8, 4) is 0 Å². The summed E-state index contributed by atoms with van der Waals surface area (Å²) in [5, 5.41) is 12.8. The topological polar surface area (TPSA) is 32.6 Å². The minimum atomic E-state index is 0.517. The lowest BCUT2D eigenvalue weighted by atomic mass is 9.44. The minimum absolute atomic E-state index is 0.517. The smallest absolute Gasteiger partial charge is 0.0574 e. The van der Waals surface area contributed by atoms with Gasteiger partial charge >= 0.3 is 0 Å². The first-order valence-electron chi connectivity index (χ1n) is 10.2. The molecule has 4 saturated carbocycles. The van der Waals surface area contributed by atoms with Crippen LogP contribution in [-0.4, -0.2) is 10.9 Å². The monoisotopic (exact) mass is 317 g/mol. The van der Waals surface area contributed by atoms with Gasteiger partial charge in [-0.15, -0.1) is 0 Å². The van der Waals surface area contributed by atoms with E-state index >= 15 is 0 Å². The second-order valence-corrected chi connectivity index (χ2v) is 9.75. The van der Waals surface area contributed by atoms with E-state index in [0.29, 0.717) is 10.8 Å². The van der Waals surface area contributed by atoms with E-state index in [2.05, 4.69) is 25.9 Å². The fourth-order valence-electron chi connectivity index (χ4n) is 7.93. The van der Waals surface area contributed by atoms with Crippen molar-refractivity contribution >= 4 is 5.71 Å². The van der Waals surface area contributed by atoms with Gasteiger partial charge in [-0.05, 0) is 98.2 Å². The van der Waals surface area contributed by atoms with Crippen LogP contribution in [0.25, 0.3) is 0 Å². The van der Waals surface area contributed by atoms with E-state index in [1.165, 1.54) is 51.4 Å². The average molecular weight is 318 g/mol. The van der Waals surface area contributed by atoms with Crippen LogP contribution < -0.4 is 0 Å². The molecule has 0 aromatic rings. The molecule has 130 valence electrons. The van der Waals surface area contributed by atoms with Crippen LogP contribution in [0.2, 0.25) is 0 Å². The Balaban J connectivity index is 1.60. The van der Waals surface area contributed by atoms with Crippen LogP contribution in [0.15, 0.2) is 5.16 Å². The van der Waals surface area contributed by atoms with E-state index in [9.17, 15) is 5.21 Å². The molecule has 0 radical (unpaired) electrons. The molecule has 0 bridgehead atoms. The predicted octanol–water partition coefficient (Wildman–Crippen LogP) is 5.89. The molecule has 4 fully saturated rings. The van der Waals surface area contributed by atoms with Crippen molar-refractivity contribution in [1.29, 1.82) is 0 Å². The molecule has 0 aliphatic heterocycles. The summed E-state index contributed by atoms with van der Waals surface area (Å²) in [6.45, 7) is 7.65. The molecule has 0 saturated heterocycles. The van der Waals surface area contributed by atoms with Crippen LogP contribution in [0.4, 0.5) is 0 Å². The van der Waals surface area contributed by atoms with Gasteiger partial charge in [0.2, 0.25) is 0 Å². The van der Waals surface area contributed by atoms with Gasteiger partial charge < -0.3 is 5.21 Å². The van der Waals surface area contributed by atoms with Gasteiger partial charge in [0.25, 0.3) is 0 Å². The lowest BCUT2D eigenvalue weighted by Crippen LogP contribution is -2.53. The summed E-state index contributed by atoms with van der Waals surface area (Å²) in [7, 11) is 0. The molecule has 0 aromatic heterocycles. The van der Waals surface area contributed by atoms with Crippen molar-refractivity contribution < 1.29 is 5.21 Å². The summed E-state index contributed by atoms with van der Waals surface area (Å²) in [6.07, 6.45) is 13.5. The quantitative estimate of drug-likeness (QED) is 0.475. The van der Waals surface area contributed by atoms with Crippen molar-refractivity contribution in [3.63, 3.8) is 0 Å². The first-order chi connectivity index (χ1) is 11.0.